The molecule has 0 saturated carbocycles. The van der Waals surface area contributed by atoms with Gasteiger partial charge in [0.25, 0.3) is 0 Å². The topological polar surface area (TPSA) is 75.1 Å². The fraction of sp³-hybridized carbons (Fsp3) is 0.500. The van der Waals surface area contributed by atoms with Gasteiger partial charge in [0.05, 0.1) is 5.69 Å². The van der Waals surface area contributed by atoms with Crippen LogP contribution in [-0.4, -0.2) is 33.8 Å². The summed E-state index contributed by atoms with van der Waals surface area (Å²) in [5, 5.41) is 11.9. The summed E-state index contributed by atoms with van der Waals surface area (Å²) in [4.78, 5) is 18.3. The number of carbonyl (C=O) groups is 1. The van der Waals surface area contributed by atoms with Crippen molar-refractivity contribution in [2.75, 3.05) is 6.54 Å². The van der Waals surface area contributed by atoms with Gasteiger partial charge in [0, 0.05) is 25.1 Å². The van der Waals surface area contributed by atoms with Gasteiger partial charge < -0.3 is 10.4 Å². The van der Waals surface area contributed by atoms with Crippen molar-refractivity contribution < 1.29 is 23.1 Å². The Bertz CT molecular complexity index is 488. The first-order valence-corrected chi connectivity index (χ1v) is 5.26. The molecular formula is C10H10F3N3O2. The van der Waals surface area contributed by atoms with Crippen molar-refractivity contribution >= 4 is 5.97 Å². The lowest BCUT2D eigenvalue weighted by Gasteiger charge is -2.18. The molecule has 0 bridgehead atoms. The molecule has 18 heavy (non-hydrogen) atoms. The summed E-state index contributed by atoms with van der Waals surface area (Å²) in [7, 11) is 0. The minimum absolute atomic E-state index is 0.267. The first-order valence-electron chi connectivity index (χ1n) is 5.26. The third kappa shape index (κ3) is 2.76. The molecule has 0 atom stereocenters. The van der Waals surface area contributed by atoms with E-state index in [1.165, 1.54) is 0 Å². The van der Waals surface area contributed by atoms with Gasteiger partial charge in [0.15, 0.2) is 5.69 Å². The maximum atomic E-state index is 12.3. The molecule has 8 heteroatoms. The predicted molar refractivity (Wildman–Crippen MR) is 54.2 cm³/mol. The van der Waals surface area contributed by atoms with Gasteiger partial charge in [0.1, 0.15) is 12.2 Å². The summed E-state index contributed by atoms with van der Waals surface area (Å²) in [6, 6.07) is 0. The van der Waals surface area contributed by atoms with Crippen LogP contribution in [0.2, 0.25) is 0 Å². The van der Waals surface area contributed by atoms with E-state index in [0.29, 0.717) is 24.2 Å². The molecule has 5 nitrogen and oxygen atoms in total. The second kappa shape index (κ2) is 4.52. The highest BCUT2D eigenvalue weighted by Gasteiger charge is 2.31. The standard InChI is InChI=1S/C10H10F3N3O2/c11-10(12,13)3-7-15-6-1-2-14-4-5(6)8(16-7)9(17)18/h14H,1-4H2,(H,17,18). The summed E-state index contributed by atoms with van der Waals surface area (Å²) in [5.41, 5.74) is 0.423. The Labute approximate surface area is 100 Å². The molecule has 2 N–H and O–H groups in total. The summed E-state index contributed by atoms with van der Waals surface area (Å²) in [5.74, 6) is -1.82. The number of fused-ring (bicyclic) bond motifs is 1. The van der Waals surface area contributed by atoms with Crippen LogP contribution in [0, 0.1) is 0 Å². The lowest BCUT2D eigenvalue weighted by atomic mass is 10.0. The minimum Gasteiger partial charge on any atom is -0.476 e. The third-order valence-electron chi connectivity index (χ3n) is 2.54. The maximum absolute atomic E-state index is 12.3. The summed E-state index contributed by atoms with van der Waals surface area (Å²) < 4.78 is 36.8. The molecule has 0 saturated heterocycles. The zero-order valence-electron chi connectivity index (χ0n) is 9.21. The van der Waals surface area contributed by atoms with E-state index < -0.39 is 24.4 Å². The van der Waals surface area contributed by atoms with Gasteiger partial charge in [-0.2, -0.15) is 13.2 Å². The van der Waals surface area contributed by atoms with Crippen molar-refractivity contribution in [2.24, 2.45) is 0 Å². The number of hydrogen-bond donors (Lipinski definition) is 2. The van der Waals surface area contributed by atoms with Crippen molar-refractivity contribution in [3.63, 3.8) is 0 Å². The molecular weight excluding hydrogens is 251 g/mol. The van der Waals surface area contributed by atoms with Crippen LogP contribution >= 0.6 is 0 Å². The Hall–Kier alpha value is -1.70. The SMILES string of the molecule is O=C(O)c1nc(CC(F)(F)F)nc2c1CNCC2. The Morgan fingerprint density at radius 2 is 2.11 bits per heavy atom. The van der Waals surface area contributed by atoms with Gasteiger partial charge in [-0.1, -0.05) is 0 Å². The van der Waals surface area contributed by atoms with E-state index in [0.717, 1.165) is 0 Å². The van der Waals surface area contributed by atoms with Crippen LogP contribution < -0.4 is 5.32 Å². The Morgan fingerprint density at radius 1 is 1.39 bits per heavy atom. The van der Waals surface area contributed by atoms with E-state index in [2.05, 4.69) is 15.3 Å². The largest absolute Gasteiger partial charge is 0.476 e. The molecule has 0 aromatic carbocycles. The minimum atomic E-state index is -4.45. The molecule has 1 aromatic heterocycles. The Balaban J connectivity index is 2.45. The molecule has 1 aromatic rings. The van der Waals surface area contributed by atoms with Crippen molar-refractivity contribution in [1.29, 1.82) is 0 Å². The second-order valence-corrected chi connectivity index (χ2v) is 3.94. The van der Waals surface area contributed by atoms with Crippen LogP contribution in [0.5, 0.6) is 0 Å². The molecule has 0 unspecified atom stereocenters. The molecule has 0 aliphatic carbocycles. The summed E-state index contributed by atoms with van der Waals surface area (Å²) >= 11 is 0. The number of aromatic nitrogens is 2. The predicted octanol–water partition coefficient (Wildman–Crippen LogP) is 0.925. The average Bonchev–Trinajstić information content (AvgIpc) is 2.25. The number of carboxylic acids is 1. The van der Waals surface area contributed by atoms with Crippen LogP contribution in [0.1, 0.15) is 27.6 Å². The highest BCUT2D eigenvalue weighted by atomic mass is 19.4. The first-order chi connectivity index (χ1) is 8.37. The number of carboxylic acid groups (broad SMARTS) is 1. The van der Waals surface area contributed by atoms with Crippen LogP contribution in [0.3, 0.4) is 0 Å². The van der Waals surface area contributed by atoms with Crippen molar-refractivity contribution in [3.8, 4) is 0 Å². The fourth-order valence-electron chi connectivity index (χ4n) is 1.83. The number of rotatable bonds is 2. The van der Waals surface area contributed by atoms with Crippen LogP contribution in [0.4, 0.5) is 13.2 Å². The zero-order chi connectivity index (χ0) is 13.3. The Kier molecular flexibility index (Phi) is 3.20. The Morgan fingerprint density at radius 3 is 2.72 bits per heavy atom. The summed E-state index contributed by atoms with van der Waals surface area (Å²) in [6.07, 6.45) is -5.35. The van der Waals surface area contributed by atoms with E-state index in [-0.39, 0.29) is 12.2 Å². The molecule has 1 aliphatic heterocycles. The van der Waals surface area contributed by atoms with Gasteiger partial charge in [-0.25, -0.2) is 14.8 Å². The molecule has 2 heterocycles. The molecule has 98 valence electrons. The van der Waals surface area contributed by atoms with Gasteiger partial charge in [0.2, 0.25) is 0 Å². The van der Waals surface area contributed by atoms with E-state index in [4.69, 9.17) is 5.11 Å². The third-order valence-corrected chi connectivity index (χ3v) is 2.54. The average molecular weight is 261 g/mol. The van der Waals surface area contributed by atoms with E-state index in [1.54, 1.807) is 0 Å². The van der Waals surface area contributed by atoms with Crippen molar-refractivity contribution in [1.82, 2.24) is 15.3 Å². The van der Waals surface area contributed by atoms with Crippen LogP contribution in [-0.2, 0) is 19.4 Å². The zero-order valence-corrected chi connectivity index (χ0v) is 9.21. The van der Waals surface area contributed by atoms with Crippen LogP contribution in [0.15, 0.2) is 0 Å². The number of nitrogens with zero attached hydrogens (tertiary/aromatic N) is 2. The molecule has 2 rings (SSSR count). The number of nitrogens with one attached hydrogen (secondary N) is 1. The number of aromatic carboxylic acids is 1. The lowest BCUT2D eigenvalue weighted by molar-refractivity contribution is -0.128. The van der Waals surface area contributed by atoms with Crippen LogP contribution in [0.25, 0.3) is 0 Å². The molecule has 0 spiro atoms. The van der Waals surface area contributed by atoms with Gasteiger partial charge in [-0.05, 0) is 0 Å². The smallest absolute Gasteiger partial charge is 0.396 e. The maximum Gasteiger partial charge on any atom is 0.396 e. The van der Waals surface area contributed by atoms with Gasteiger partial charge >= 0.3 is 12.1 Å². The van der Waals surface area contributed by atoms with E-state index in [9.17, 15) is 18.0 Å². The second-order valence-electron chi connectivity index (χ2n) is 3.94. The molecule has 0 radical (unpaired) electrons. The van der Waals surface area contributed by atoms with Gasteiger partial charge in [-0.3, -0.25) is 0 Å². The summed E-state index contributed by atoms with van der Waals surface area (Å²) in [6.45, 7) is 0.831. The van der Waals surface area contributed by atoms with Crippen molar-refractivity contribution in [2.45, 2.75) is 25.6 Å². The number of halogens is 3. The van der Waals surface area contributed by atoms with Gasteiger partial charge in [-0.15, -0.1) is 0 Å². The quantitative estimate of drug-likeness (QED) is 0.828. The highest BCUT2D eigenvalue weighted by Crippen LogP contribution is 2.22. The molecule has 1 aliphatic rings. The molecule has 0 amide bonds. The monoisotopic (exact) mass is 261 g/mol. The number of alkyl halides is 3. The first kappa shape index (κ1) is 12.7. The molecule has 0 fully saturated rings. The van der Waals surface area contributed by atoms with Crippen molar-refractivity contribution in [3.05, 3.63) is 22.8 Å². The van der Waals surface area contributed by atoms with E-state index in [1.807, 2.05) is 0 Å². The highest BCUT2D eigenvalue weighted by molar-refractivity contribution is 5.87. The van der Waals surface area contributed by atoms with E-state index >= 15 is 0 Å². The fourth-order valence-corrected chi connectivity index (χ4v) is 1.83. The number of hydrogen-bond acceptors (Lipinski definition) is 4. The normalized spacial score (nSPS) is 15.3. The lowest BCUT2D eigenvalue weighted by Crippen LogP contribution is -2.29.